The van der Waals surface area contributed by atoms with Crippen LogP contribution in [0, 0.1) is 0 Å². The molecule has 0 aromatic heterocycles. The fourth-order valence-corrected chi connectivity index (χ4v) is 1.72. The lowest BCUT2D eigenvalue weighted by atomic mass is 9.96. The summed E-state index contributed by atoms with van der Waals surface area (Å²) in [6.45, 7) is 1.37. The van der Waals surface area contributed by atoms with Gasteiger partial charge in [0.1, 0.15) is 24.4 Å². The first-order chi connectivity index (χ1) is 7.51. The minimum Gasteiger partial charge on any atom is -0.388 e. The van der Waals surface area contributed by atoms with E-state index in [0.29, 0.717) is 0 Å². The number of amides is 1. The Kier molecular flexibility index (Phi) is 4.63. The second-order valence-electron chi connectivity index (χ2n) is 3.72. The van der Waals surface area contributed by atoms with Crippen LogP contribution in [-0.4, -0.2) is 60.4 Å². The topological polar surface area (TPSA) is 114 Å². The van der Waals surface area contributed by atoms with Crippen molar-refractivity contribution < 1.29 is 24.5 Å². The summed E-state index contributed by atoms with van der Waals surface area (Å²) in [4.78, 5) is 10.9. The maximum absolute atomic E-state index is 10.9. The first kappa shape index (κ1) is 13.3. The van der Waals surface area contributed by atoms with Gasteiger partial charge in [0.2, 0.25) is 5.91 Å². The summed E-state index contributed by atoms with van der Waals surface area (Å²) in [7, 11) is 1.39. The largest absolute Gasteiger partial charge is 0.388 e. The highest BCUT2D eigenvalue weighted by Crippen LogP contribution is 2.21. The molecule has 1 saturated heterocycles. The van der Waals surface area contributed by atoms with E-state index in [1.807, 2.05) is 0 Å². The number of carbonyl (C=O) groups is 1. The number of nitrogens with two attached hydrogens (primary N) is 1. The van der Waals surface area contributed by atoms with Crippen LogP contribution in [0.3, 0.4) is 0 Å². The van der Waals surface area contributed by atoms with Gasteiger partial charge in [0, 0.05) is 20.6 Å². The van der Waals surface area contributed by atoms with Gasteiger partial charge >= 0.3 is 0 Å². The Morgan fingerprint density at radius 2 is 2.12 bits per heavy atom. The van der Waals surface area contributed by atoms with Crippen molar-refractivity contribution in [2.24, 2.45) is 5.73 Å². The molecular formula is C9H18N2O5. The highest BCUT2D eigenvalue weighted by Gasteiger charge is 2.44. The van der Waals surface area contributed by atoms with Crippen molar-refractivity contribution in [1.29, 1.82) is 0 Å². The Morgan fingerprint density at radius 1 is 1.50 bits per heavy atom. The maximum Gasteiger partial charge on any atom is 0.217 e. The summed E-state index contributed by atoms with van der Waals surface area (Å²) in [5, 5.41) is 21.9. The summed E-state index contributed by atoms with van der Waals surface area (Å²) < 4.78 is 10.3. The molecule has 0 aliphatic carbocycles. The zero-order valence-corrected chi connectivity index (χ0v) is 9.29. The molecule has 0 aromatic carbocycles. The van der Waals surface area contributed by atoms with Crippen LogP contribution in [0.5, 0.6) is 0 Å². The molecule has 94 valence electrons. The molecule has 1 aliphatic heterocycles. The van der Waals surface area contributed by atoms with Gasteiger partial charge in [0.15, 0.2) is 6.29 Å². The van der Waals surface area contributed by atoms with Crippen molar-refractivity contribution in [2.45, 2.75) is 37.6 Å². The van der Waals surface area contributed by atoms with Crippen molar-refractivity contribution in [3.8, 4) is 0 Å². The predicted octanol–water partition coefficient (Wildman–Crippen LogP) is -2.46. The van der Waals surface area contributed by atoms with E-state index in [2.05, 4.69) is 5.32 Å². The molecule has 0 saturated carbocycles. The molecule has 0 spiro atoms. The minimum atomic E-state index is -1.17. The Bertz CT molecular complexity index is 248. The van der Waals surface area contributed by atoms with Gasteiger partial charge < -0.3 is 30.7 Å². The third kappa shape index (κ3) is 2.69. The van der Waals surface area contributed by atoms with Crippen LogP contribution in [0.4, 0.5) is 0 Å². The molecule has 1 fully saturated rings. The summed E-state index contributed by atoms with van der Waals surface area (Å²) >= 11 is 0. The number of rotatable bonds is 3. The van der Waals surface area contributed by atoms with Gasteiger partial charge in [0.25, 0.3) is 0 Å². The first-order valence-corrected chi connectivity index (χ1v) is 5.02. The summed E-state index contributed by atoms with van der Waals surface area (Å²) in [5.41, 5.74) is 5.38. The Hall–Kier alpha value is -0.730. The molecule has 1 rings (SSSR count). The smallest absolute Gasteiger partial charge is 0.217 e. The monoisotopic (exact) mass is 234 g/mol. The van der Waals surface area contributed by atoms with E-state index in [4.69, 9.17) is 15.2 Å². The minimum absolute atomic E-state index is 0.0604. The van der Waals surface area contributed by atoms with E-state index >= 15 is 0 Å². The van der Waals surface area contributed by atoms with Crippen LogP contribution >= 0.6 is 0 Å². The fraction of sp³-hybridized carbons (Fsp3) is 0.889. The van der Waals surface area contributed by atoms with E-state index in [0.717, 1.165) is 0 Å². The number of aliphatic hydroxyl groups excluding tert-OH is 2. The van der Waals surface area contributed by atoms with Crippen molar-refractivity contribution in [3.63, 3.8) is 0 Å². The number of carbonyl (C=O) groups excluding carboxylic acids is 1. The third-order valence-corrected chi connectivity index (χ3v) is 2.54. The molecule has 0 aromatic rings. The number of aliphatic hydroxyl groups is 2. The van der Waals surface area contributed by atoms with Gasteiger partial charge in [-0.3, -0.25) is 4.79 Å². The average Bonchev–Trinajstić information content (AvgIpc) is 2.25. The second kappa shape index (κ2) is 5.55. The lowest BCUT2D eigenvalue weighted by molar-refractivity contribution is -0.253. The van der Waals surface area contributed by atoms with Crippen molar-refractivity contribution in [2.75, 3.05) is 13.7 Å². The molecule has 5 N–H and O–H groups in total. The number of hydrogen-bond donors (Lipinski definition) is 4. The third-order valence-electron chi connectivity index (χ3n) is 2.54. The fourth-order valence-electron chi connectivity index (χ4n) is 1.72. The zero-order valence-electron chi connectivity index (χ0n) is 9.29. The quantitative estimate of drug-likeness (QED) is 0.431. The van der Waals surface area contributed by atoms with Crippen LogP contribution < -0.4 is 11.1 Å². The normalized spacial score (nSPS) is 39.4. The number of nitrogens with one attached hydrogen (secondary N) is 1. The van der Waals surface area contributed by atoms with Gasteiger partial charge in [0.05, 0.1) is 0 Å². The molecule has 5 atom stereocenters. The Labute approximate surface area is 93.5 Å². The van der Waals surface area contributed by atoms with Crippen LogP contribution in [0.1, 0.15) is 6.92 Å². The number of hydrogen-bond acceptors (Lipinski definition) is 6. The molecule has 7 nitrogen and oxygen atoms in total. The van der Waals surface area contributed by atoms with Crippen LogP contribution in [0.25, 0.3) is 0 Å². The van der Waals surface area contributed by atoms with Gasteiger partial charge in [-0.15, -0.1) is 0 Å². The summed E-state index contributed by atoms with van der Waals surface area (Å²) in [6, 6.07) is -0.805. The Morgan fingerprint density at radius 3 is 2.56 bits per heavy atom. The first-order valence-electron chi connectivity index (χ1n) is 5.02. The SMILES string of the molecule is CO[C@H]1O[C@H](CN)[C@H](O)[C@H](O)[C@H]1NC(C)=O. The van der Waals surface area contributed by atoms with Crippen molar-refractivity contribution >= 4 is 5.91 Å². The van der Waals surface area contributed by atoms with E-state index in [1.165, 1.54) is 14.0 Å². The van der Waals surface area contributed by atoms with Gasteiger partial charge in [-0.25, -0.2) is 0 Å². The number of ether oxygens (including phenoxy) is 2. The summed E-state index contributed by atoms with van der Waals surface area (Å²) in [6.07, 6.45) is -3.84. The highest BCUT2D eigenvalue weighted by atomic mass is 16.7. The van der Waals surface area contributed by atoms with Crippen molar-refractivity contribution in [1.82, 2.24) is 5.32 Å². The van der Waals surface area contributed by atoms with Crippen LogP contribution in [-0.2, 0) is 14.3 Å². The molecule has 0 bridgehead atoms. The molecule has 0 unspecified atom stereocenters. The molecular weight excluding hydrogens is 216 g/mol. The van der Waals surface area contributed by atoms with Gasteiger partial charge in [-0.2, -0.15) is 0 Å². The number of methoxy groups -OCH3 is 1. The zero-order chi connectivity index (χ0) is 12.3. The molecule has 16 heavy (non-hydrogen) atoms. The molecule has 7 heteroatoms. The highest BCUT2D eigenvalue weighted by molar-refractivity contribution is 5.73. The second-order valence-corrected chi connectivity index (χ2v) is 3.72. The lowest BCUT2D eigenvalue weighted by Gasteiger charge is -2.41. The van der Waals surface area contributed by atoms with Crippen LogP contribution in [0.15, 0.2) is 0 Å². The van der Waals surface area contributed by atoms with Crippen LogP contribution in [0.2, 0.25) is 0 Å². The van der Waals surface area contributed by atoms with E-state index in [9.17, 15) is 15.0 Å². The Balaban J connectivity index is 2.77. The standard InChI is InChI=1S/C9H18N2O5/c1-4(12)11-6-8(14)7(13)5(3-10)16-9(6)15-2/h5-9,13-14H,3,10H2,1-2H3,(H,11,12)/t5-,6-,7+,8-,9+/m1/s1. The lowest BCUT2D eigenvalue weighted by Crippen LogP contribution is -2.64. The molecule has 0 radical (unpaired) electrons. The predicted molar refractivity (Wildman–Crippen MR) is 54.3 cm³/mol. The molecule has 1 heterocycles. The average molecular weight is 234 g/mol. The van der Waals surface area contributed by atoms with Gasteiger partial charge in [-0.05, 0) is 0 Å². The molecule has 1 aliphatic rings. The van der Waals surface area contributed by atoms with Crippen molar-refractivity contribution in [3.05, 3.63) is 0 Å². The summed E-state index contributed by atoms with van der Waals surface area (Å²) in [5.74, 6) is -0.340. The van der Waals surface area contributed by atoms with E-state index in [1.54, 1.807) is 0 Å². The van der Waals surface area contributed by atoms with E-state index < -0.39 is 30.6 Å². The molecule has 1 amide bonds. The van der Waals surface area contributed by atoms with Gasteiger partial charge in [-0.1, -0.05) is 0 Å². The maximum atomic E-state index is 10.9. The van der Waals surface area contributed by atoms with E-state index in [-0.39, 0.29) is 12.5 Å².